The Morgan fingerprint density at radius 3 is 2.87 bits per heavy atom. The molecule has 9 nitrogen and oxygen atoms in total. The van der Waals surface area contributed by atoms with Crippen LogP contribution in [0.4, 0.5) is 5.69 Å². The van der Waals surface area contributed by atoms with Crippen molar-refractivity contribution in [2.75, 3.05) is 6.54 Å². The van der Waals surface area contributed by atoms with E-state index in [9.17, 15) is 14.9 Å². The van der Waals surface area contributed by atoms with Gasteiger partial charge in [-0.15, -0.1) is 11.3 Å². The number of carbonyl (C=O) groups excluding carboxylic acids is 1. The van der Waals surface area contributed by atoms with E-state index in [4.69, 9.17) is 4.98 Å². The third kappa shape index (κ3) is 3.11. The van der Waals surface area contributed by atoms with Crippen molar-refractivity contribution >= 4 is 33.1 Å². The molecule has 1 unspecified atom stereocenters. The van der Waals surface area contributed by atoms with E-state index in [0.717, 1.165) is 28.1 Å². The van der Waals surface area contributed by atoms with E-state index in [-0.39, 0.29) is 28.9 Å². The molecule has 5 rings (SSSR count). The van der Waals surface area contributed by atoms with Gasteiger partial charge < -0.3 is 4.90 Å². The Bertz CT molecular complexity index is 1220. The number of nitrogens with zero attached hydrogens (tertiary/aromatic N) is 6. The number of nitro benzene ring substituents is 1. The van der Waals surface area contributed by atoms with Crippen molar-refractivity contribution in [1.29, 1.82) is 0 Å². The van der Waals surface area contributed by atoms with E-state index >= 15 is 0 Å². The van der Waals surface area contributed by atoms with E-state index in [1.165, 1.54) is 29.5 Å². The molecule has 30 heavy (non-hydrogen) atoms. The molecule has 1 aliphatic rings. The summed E-state index contributed by atoms with van der Waals surface area (Å²) in [6, 6.07) is 12.2. The second-order valence-corrected chi connectivity index (χ2v) is 8.04. The fourth-order valence-electron chi connectivity index (χ4n) is 3.79. The van der Waals surface area contributed by atoms with Crippen molar-refractivity contribution in [3.8, 4) is 5.69 Å². The Kier molecular flexibility index (Phi) is 4.47. The first-order valence-electron chi connectivity index (χ1n) is 9.42. The predicted octanol–water partition coefficient (Wildman–Crippen LogP) is 3.76. The summed E-state index contributed by atoms with van der Waals surface area (Å²) in [7, 11) is 0. The number of aromatic nitrogens is 4. The van der Waals surface area contributed by atoms with Gasteiger partial charge in [0.1, 0.15) is 23.3 Å². The minimum absolute atomic E-state index is 0.121. The van der Waals surface area contributed by atoms with Crippen LogP contribution in [0.2, 0.25) is 0 Å². The van der Waals surface area contributed by atoms with Gasteiger partial charge in [0.25, 0.3) is 11.6 Å². The third-order valence-electron chi connectivity index (χ3n) is 5.19. The average molecular weight is 420 g/mol. The van der Waals surface area contributed by atoms with Crippen LogP contribution in [-0.2, 0) is 0 Å². The van der Waals surface area contributed by atoms with Gasteiger partial charge in [0.05, 0.1) is 21.2 Å². The minimum atomic E-state index is -0.511. The van der Waals surface area contributed by atoms with Gasteiger partial charge in [-0.25, -0.2) is 14.6 Å². The molecule has 0 bridgehead atoms. The third-order valence-corrected chi connectivity index (χ3v) is 6.33. The number of carbonyl (C=O) groups is 1. The number of hydrogen-bond donors (Lipinski definition) is 0. The second kappa shape index (κ2) is 7.30. The molecule has 0 radical (unpaired) electrons. The summed E-state index contributed by atoms with van der Waals surface area (Å²) in [5.41, 5.74) is 1.27. The minimum Gasteiger partial charge on any atom is -0.329 e. The molecule has 0 aliphatic carbocycles. The molecule has 150 valence electrons. The summed E-state index contributed by atoms with van der Waals surface area (Å²) < 4.78 is 2.39. The Balaban J connectivity index is 1.48. The summed E-state index contributed by atoms with van der Waals surface area (Å²) in [6.45, 7) is 0.595. The number of nitro groups is 1. The molecule has 2 aromatic heterocycles. The van der Waals surface area contributed by atoms with Crippen LogP contribution in [0, 0.1) is 10.1 Å². The van der Waals surface area contributed by atoms with Gasteiger partial charge >= 0.3 is 0 Å². The Morgan fingerprint density at radius 2 is 2.10 bits per heavy atom. The van der Waals surface area contributed by atoms with Crippen molar-refractivity contribution in [1.82, 2.24) is 24.6 Å². The molecule has 4 aromatic rings. The largest absolute Gasteiger partial charge is 0.329 e. The molecule has 10 heteroatoms. The first kappa shape index (κ1) is 18.4. The van der Waals surface area contributed by atoms with E-state index in [1.54, 1.807) is 22.3 Å². The lowest BCUT2D eigenvalue weighted by atomic mass is 10.1. The van der Waals surface area contributed by atoms with Gasteiger partial charge in [-0.2, -0.15) is 5.10 Å². The maximum absolute atomic E-state index is 13.3. The van der Waals surface area contributed by atoms with Crippen molar-refractivity contribution in [3.63, 3.8) is 0 Å². The fourth-order valence-corrected chi connectivity index (χ4v) is 4.91. The smallest absolute Gasteiger partial charge is 0.295 e. The number of amides is 1. The predicted molar refractivity (Wildman–Crippen MR) is 111 cm³/mol. The molecule has 1 amide bonds. The van der Waals surface area contributed by atoms with Crippen LogP contribution in [0.15, 0.2) is 55.1 Å². The van der Waals surface area contributed by atoms with Crippen LogP contribution in [0.3, 0.4) is 0 Å². The lowest BCUT2D eigenvalue weighted by Crippen LogP contribution is -2.30. The van der Waals surface area contributed by atoms with Gasteiger partial charge in [0.15, 0.2) is 0 Å². The summed E-state index contributed by atoms with van der Waals surface area (Å²) in [4.78, 5) is 34.7. The highest BCUT2D eigenvalue weighted by Gasteiger charge is 2.33. The van der Waals surface area contributed by atoms with Crippen LogP contribution in [0.1, 0.15) is 34.2 Å². The number of hydrogen-bond acceptors (Lipinski definition) is 7. The van der Waals surface area contributed by atoms with Gasteiger partial charge in [0, 0.05) is 18.2 Å². The van der Waals surface area contributed by atoms with Crippen LogP contribution >= 0.6 is 11.3 Å². The summed E-state index contributed by atoms with van der Waals surface area (Å²) in [5.74, 6) is -0.231. The highest BCUT2D eigenvalue weighted by molar-refractivity contribution is 7.18. The number of thiazole rings is 1. The molecule has 0 N–H and O–H groups in total. The first-order valence-corrected chi connectivity index (χ1v) is 10.2. The zero-order valence-corrected chi connectivity index (χ0v) is 16.5. The van der Waals surface area contributed by atoms with E-state index in [2.05, 4.69) is 10.1 Å². The maximum atomic E-state index is 13.3. The van der Waals surface area contributed by atoms with E-state index in [0.29, 0.717) is 6.54 Å². The summed E-state index contributed by atoms with van der Waals surface area (Å²) in [6.07, 6.45) is 4.37. The zero-order chi connectivity index (χ0) is 20.7. The monoisotopic (exact) mass is 420 g/mol. The van der Waals surface area contributed by atoms with Crippen LogP contribution in [0.25, 0.3) is 15.9 Å². The number of para-hydroxylation sites is 1. The number of rotatable bonds is 4. The molecule has 1 atom stereocenters. The SMILES string of the molecule is O=C(c1ccc(-n2cncn2)c([N+](=O)[O-])c1)N1CCCC1c1nc2ccccc2s1. The molecule has 1 fully saturated rings. The van der Waals surface area contributed by atoms with Gasteiger partial charge in [-0.3, -0.25) is 14.9 Å². The van der Waals surface area contributed by atoms with Gasteiger partial charge in [0.2, 0.25) is 0 Å². The van der Waals surface area contributed by atoms with Crippen molar-refractivity contribution in [2.24, 2.45) is 0 Å². The maximum Gasteiger partial charge on any atom is 0.295 e. The quantitative estimate of drug-likeness (QED) is 0.367. The topological polar surface area (TPSA) is 107 Å². The lowest BCUT2D eigenvalue weighted by Gasteiger charge is -2.23. The molecule has 1 saturated heterocycles. The Hall–Kier alpha value is -3.66. The van der Waals surface area contributed by atoms with Crippen molar-refractivity contribution < 1.29 is 9.72 Å². The summed E-state index contributed by atoms with van der Waals surface area (Å²) in [5, 5.41) is 16.5. The number of fused-ring (bicyclic) bond motifs is 1. The number of likely N-dealkylation sites (tertiary alicyclic amines) is 1. The number of benzene rings is 2. The fraction of sp³-hybridized carbons (Fsp3) is 0.200. The molecule has 1 aliphatic heterocycles. The normalized spacial score (nSPS) is 16.3. The Morgan fingerprint density at radius 1 is 1.23 bits per heavy atom. The lowest BCUT2D eigenvalue weighted by molar-refractivity contribution is -0.384. The molecular weight excluding hydrogens is 404 g/mol. The highest BCUT2D eigenvalue weighted by Crippen LogP contribution is 2.37. The first-order chi connectivity index (χ1) is 14.6. The average Bonchev–Trinajstić information content (AvgIpc) is 3.52. The molecule has 3 heterocycles. The Labute approximate surface area is 174 Å². The van der Waals surface area contributed by atoms with Crippen molar-refractivity contribution in [2.45, 2.75) is 18.9 Å². The van der Waals surface area contributed by atoms with Crippen LogP contribution in [-0.4, -0.2) is 42.0 Å². The molecule has 2 aromatic carbocycles. The highest BCUT2D eigenvalue weighted by atomic mass is 32.1. The molecule has 0 spiro atoms. The van der Waals surface area contributed by atoms with E-state index < -0.39 is 4.92 Å². The standard InChI is InChI=1S/C20H16N6O3S/c27-20(13-7-8-15(17(10-13)26(28)29)25-12-21-11-22-25)24-9-3-5-16(24)19-23-14-4-1-2-6-18(14)30-19/h1-2,4,6-8,10-12,16H,3,5,9H2. The van der Waals surface area contributed by atoms with Crippen LogP contribution in [0.5, 0.6) is 0 Å². The second-order valence-electron chi connectivity index (χ2n) is 6.98. The summed E-state index contributed by atoms with van der Waals surface area (Å²) >= 11 is 1.59. The zero-order valence-electron chi connectivity index (χ0n) is 15.7. The molecular formula is C20H16N6O3S. The van der Waals surface area contributed by atoms with Crippen LogP contribution < -0.4 is 0 Å². The van der Waals surface area contributed by atoms with Gasteiger partial charge in [-0.1, -0.05) is 12.1 Å². The van der Waals surface area contributed by atoms with E-state index in [1.807, 2.05) is 24.3 Å². The van der Waals surface area contributed by atoms with Gasteiger partial charge in [-0.05, 0) is 37.1 Å². The molecule has 0 saturated carbocycles. The van der Waals surface area contributed by atoms with Crippen molar-refractivity contribution in [3.05, 3.63) is 75.8 Å².